The van der Waals surface area contributed by atoms with Crippen LogP contribution in [0.15, 0.2) is 42.7 Å². The van der Waals surface area contributed by atoms with E-state index in [2.05, 4.69) is 15.3 Å². The van der Waals surface area contributed by atoms with Crippen molar-refractivity contribution in [2.75, 3.05) is 18.5 Å². The van der Waals surface area contributed by atoms with Gasteiger partial charge in [0.2, 0.25) is 5.95 Å². The summed E-state index contributed by atoms with van der Waals surface area (Å²) in [6.07, 6.45) is 3.95. The Morgan fingerprint density at radius 3 is 2.70 bits per heavy atom. The molecule has 1 saturated heterocycles. The normalized spacial score (nSPS) is 20.7. The Balaban J connectivity index is 1.67. The van der Waals surface area contributed by atoms with Crippen molar-refractivity contribution in [1.82, 2.24) is 9.97 Å². The number of benzene rings is 1. The van der Waals surface area contributed by atoms with Crippen LogP contribution in [0.25, 0.3) is 0 Å². The van der Waals surface area contributed by atoms with Gasteiger partial charge < -0.3 is 19.9 Å². The Morgan fingerprint density at radius 1 is 1.26 bits per heavy atom. The number of carboxylic acids is 1. The predicted octanol–water partition coefficient (Wildman–Crippen LogP) is 1.82. The molecule has 120 valence electrons. The fourth-order valence-corrected chi connectivity index (χ4v) is 2.38. The monoisotopic (exact) mass is 315 g/mol. The van der Waals surface area contributed by atoms with Gasteiger partial charge in [-0.15, -0.1) is 0 Å². The number of aromatic carboxylic acids is 1. The molecule has 0 saturated carbocycles. The van der Waals surface area contributed by atoms with Crippen LogP contribution < -0.4 is 10.1 Å². The van der Waals surface area contributed by atoms with Crippen LogP contribution in [0.3, 0.4) is 0 Å². The Morgan fingerprint density at radius 2 is 2.00 bits per heavy atom. The summed E-state index contributed by atoms with van der Waals surface area (Å²) in [6.45, 7) is 1.11. The number of nitrogens with one attached hydrogen (secondary N) is 1. The van der Waals surface area contributed by atoms with Crippen LogP contribution in [-0.2, 0) is 4.74 Å². The van der Waals surface area contributed by atoms with E-state index >= 15 is 0 Å². The molecule has 2 N–H and O–H groups in total. The van der Waals surface area contributed by atoms with Gasteiger partial charge in [0.15, 0.2) is 0 Å². The highest BCUT2D eigenvalue weighted by atomic mass is 16.5. The van der Waals surface area contributed by atoms with Crippen LogP contribution in [0.2, 0.25) is 0 Å². The highest BCUT2D eigenvalue weighted by Gasteiger charge is 2.28. The highest BCUT2D eigenvalue weighted by molar-refractivity contribution is 5.87. The number of rotatable bonds is 5. The molecule has 0 unspecified atom stereocenters. The number of ether oxygens (including phenoxy) is 2. The molecule has 2 heterocycles. The lowest BCUT2D eigenvalue weighted by molar-refractivity contribution is 0.0145. The summed E-state index contributed by atoms with van der Waals surface area (Å²) in [7, 11) is 0. The topological polar surface area (TPSA) is 93.6 Å². The third-order valence-electron chi connectivity index (χ3n) is 3.56. The molecule has 1 aliphatic heterocycles. The van der Waals surface area contributed by atoms with E-state index in [1.807, 2.05) is 0 Å². The highest BCUT2D eigenvalue weighted by Crippen LogP contribution is 2.20. The fraction of sp³-hybridized carbons (Fsp3) is 0.312. The van der Waals surface area contributed by atoms with Crippen molar-refractivity contribution in [2.24, 2.45) is 0 Å². The van der Waals surface area contributed by atoms with E-state index in [9.17, 15) is 4.79 Å². The second-order valence-corrected chi connectivity index (χ2v) is 5.17. The summed E-state index contributed by atoms with van der Waals surface area (Å²) in [5.74, 6) is 0.198. The van der Waals surface area contributed by atoms with Gasteiger partial charge >= 0.3 is 5.97 Å². The summed E-state index contributed by atoms with van der Waals surface area (Å²) in [5, 5.41) is 12.1. The van der Waals surface area contributed by atoms with Crippen molar-refractivity contribution in [3.8, 4) is 5.75 Å². The zero-order chi connectivity index (χ0) is 16.1. The molecule has 0 amide bonds. The summed E-state index contributed by atoms with van der Waals surface area (Å²) >= 11 is 0. The standard InChI is InChI=1S/C16H17N3O4/c20-15(21)11-2-4-12(5-3-11)23-14-6-9-22-10-13(14)19-16-17-7-1-8-18-16/h1-5,7-8,13-14H,6,9-10H2,(H,20,21)(H,17,18,19)/t13-,14-/m1/s1. The summed E-state index contributed by atoms with van der Waals surface area (Å²) in [4.78, 5) is 19.2. The van der Waals surface area contributed by atoms with Crippen LogP contribution in [0.4, 0.5) is 5.95 Å². The first-order chi connectivity index (χ1) is 11.2. The predicted molar refractivity (Wildman–Crippen MR) is 82.7 cm³/mol. The van der Waals surface area contributed by atoms with Gasteiger partial charge in [-0.3, -0.25) is 0 Å². The molecule has 1 aromatic heterocycles. The maximum Gasteiger partial charge on any atom is 0.335 e. The van der Waals surface area contributed by atoms with E-state index in [4.69, 9.17) is 14.6 Å². The first-order valence-corrected chi connectivity index (χ1v) is 7.34. The Kier molecular flexibility index (Phi) is 4.68. The molecule has 1 aliphatic rings. The molecule has 7 heteroatoms. The largest absolute Gasteiger partial charge is 0.488 e. The Bertz CT molecular complexity index is 648. The van der Waals surface area contributed by atoms with E-state index in [0.29, 0.717) is 24.9 Å². The Hall–Kier alpha value is -2.67. The molecule has 0 spiro atoms. The number of nitrogens with zero attached hydrogens (tertiary/aromatic N) is 2. The van der Waals surface area contributed by atoms with E-state index in [1.165, 1.54) is 12.1 Å². The van der Waals surface area contributed by atoms with Gasteiger partial charge in [0.05, 0.1) is 24.8 Å². The molecule has 2 aromatic rings. The quantitative estimate of drug-likeness (QED) is 0.869. The van der Waals surface area contributed by atoms with Gasteiger partial charge in [-0.1, -0.05) is 0 Å². The minimum atomic E-state index is -0.955. The molecule has 0 aliphatic carbocycles. The van der Waals surface area contributed by atoms with E-state index in [0.717, 1.165) is 6.42 Å². The number of carboxylic acid groups (broad SMARTS) is 1. The number of aromatic nitrogens is 2. The van der Waals surface area contributed by atoms with Crippen molar-refractivity contribution in [3.63, 3.8) is 0 Å². The van der Waals surface area contributed by atoms with Crippen molar-refractivity contribution < 1.29 is 19.4 Å². The summed E-state index contributed by atoms with van der Waals surface area (Å²) in [6, 6.07) is 8.05. The van der Waals surface area contributed by atoms with Crippen molar-refractivity contribution in [1.29, 1.82) is 0 Å². The zero-order valence-electron chi connectivity index (χ0n) is 12.4. The number of carbonyl (C=O) groups is 1. The molecule has 1 aromatic carbocycles. The Labute approximate surface area is 133 Å². The SMILES string of the molecule is O=C(O)c1ccc(O[C@@H]2CCOC[C@H]2Nc2ncccn2)cc1. The molecule has 3 rings (SSSR count). The van der Waals surface area contributed by atoms with Gasteiger partial charge in [0.1, 0.15) is 11.9 Å². The van der Waals surface area contributed by atoms with E-state index < -0.39 is 5.97 Å². The van der Waals surface area contributed by atoms with Crippen LogP contribution in [0.1, 0.15) is 16.8 Å². The molecule has 0 radical (unpaired) electrons. The van der Waals surface area contributed by atoms with Crippen LogP contribution in [0, 0.1) is 0 Å². The molecule has 23 heavy (non-hydrogen) atoms. The van der Waals surface area contributed by atoms with Crippen LogP contribution >= 0.6 is 0 Å². The fourth-order valence-electron chi connectivity index (χ4n) is 2.38. The summed E-state index contributed by atoms with van der Waals surface area (Å²) < 4.78 is 11.5. The average Bonchev–Trinajstić information content (AvgIpc) is 2.58. The minimum absolute atomic E-state index is 0.0784. The smallest absolute Gasteiger partial charge is 0.335 e. The number of hydrogen-bond donors (Lipinski definition) is 2. The third-order valence-corrected chi connectivity index (χ3v) is 3.56. The molecular weight excluding hydrogens is 298 g/mol. The van der Waals surface area contributed by atoms with Crippen molar-refractivity contribution in [3.05, 3.63) is 48.3 Å². The zero-order valence-corrected chi connectivity index (χ0v) is 12.4. The maximum absolute atomic E-state index is 10.9. The van der Waals surface area contributed by atoms with Gasteiger partial charge in [-0.2, -0.15) is 0 Å². The number of hydrogen-bond acceptors (Lipinski definition) is 6. The van der Waals surface area contributed by atoms with Crippen LogP contribution in [-0.4, -0.2) is 46.4 Å². The molecule has 2 atom stereocenters. The van der Waals surface area contributed by atoms with E-state index in [1.54, 1.807) is 30.6 Å². The lowest BCUT2D eigenvalue weighted by Crippen LogP contribution is -2.46. The summed E-state index contributed by atoms with van der Waals surface area (Å²) in [5.41, 5.74) is 0.233. The van der Waals surface area contributed by atoms with E-state index in [-0.39, 0.29) is 17.7 Å². The van der Waals surface area contributed by atoms with Crippen LogP contribution in [0.5, 0.6) is 5.75 Å². The lowest BCUT2D eigenvalue weighted by atomic mass is 10.1. The minimum Gasteiger partial charge on any atom is -0.488 e. The first kappa shape index (κ1) is 15.2. The lowest BCUT2D eigenvalue weighted by Gasteiger charge is -2.32. The van der Waals surface area contributed by atoms with Crippen molar-refractivity contribution in [2.45, 2.75) is 18.6 Å². The number of anilines is 1. The third kappa shape index (κ3) is 3.95. The van der Waals surface area contributed by atoms with Gasteiger partial charge in [0.25, 0.3) is 0 Å². The molecular formula is C16H17N3O4. The van der Waals surface area contributed by atoms with Gasteiger partial charge in [-0.25, -0.2) is 14.8 Å². The molecule has 7 nitrogen and oxygen atoms in total. The van der Waals surface area contributed by atoms with Crippen molar-refractivity contribution >= 4 is 11.9 Å². The molecule has 1 fully saturated rings. The second-order valence-electron chi connectivity index (χ2n) is 5.17. The van der Waals surface area contributed by atoms with Gasteiger partial charge in [-0.05, 0) is 30.3 Å². The second kappa shape index (κ2) is 7.06. The van der Waals surface area contributed by atoms with Gasteiger partial charge in [0, 0.05) is 18.8 Å². The average molecular weight is 315 g/mol. The first-order valence-electron chi connectivity index (χ1n) is 7.34. The maximum atomic E-state index is 10.9. The molecule has 0 bridgehead atoms.